The molecule has 2 aromatic carbocycles. The first kappa shape index (κ1) is 16.1. The standard InChI is InChI=1S/C13H9F3O5S/c1-20-12(17)10-6-7-11(9-5-3-2-4-8(9)10)21-22(18,19)13(14,15)16/h2-7H,1H3. The summed E-state index contributed by atoms with van der Waals surface area (Å²) >= 11 is 0. The van der Waals surface area contributed by atoms with Gasteiger partial charge < -0.3 is 8.92 Å². The first-order valence-electron chi connectivity index (χ1n) is 5.78. The van der Waals surface area contributed by atoms with Crippen LogP contribution in [0.4, 0.5) is 13.2 Å². The quantitative estimate of drug-likeness (QED) is 0.490. The topological polar surface area (TPSA) is 69.7 Å². The van der Waals surface area contributed by atoms with Crippen molar-refractivity contribution in [3.05, 3.63) is 42.0 Å². The minimum absolute atomic E-state index is 0.0400. The van der Waals surface area contributed by atoms with Gasteiger partial charge >= 0.3 is 21.6 Å². The molecule has 5 nitrogen and oxygen atoms in total. The van der Waals surface area contributed by atoms with Gasteiger partial charge in [-0.3, -0.25) is 0 Å². The molecule has 0 spiro atoms. The van der Waals surface area contributed by atoms with Gasteiger partial charge in [0.15, 0.2) is 5.75 Å². The first-order chi connectivity index (χ1) is 10.2. The van der Waals surface area contributed by atoms with E-state index in [1.165, 1.54) is 24.3 Å². The fraction of sp³-hybridized carbons (Fsp3) is 0.154. The van der Waals surface area contributed by atoms with Crippen molar-refractivity contribution >= 4 is 26.9 Å². The SMILES string of the molecule is COC(=O)c1ccc(OS(=O)(=O)C(F)(F)F)c2ccccc12. The molecule has 0 aliphatic carbocycles. The van der Waals surface area contributed by atoms with Crippen molar-refractivity contribution in [3.63, 3.8) is 0 Å². The predicted molar refractivity (Wildman–Crippen MR) is 70.9 cm³/mol. The van der Waals surface area contributed by atoms with E-state index in [1.807, 2.05) is 0 Å². The maximum absolute atomic E-state index is 12.4. The second-order valence-electron chi connectivity index (χ2n) is 4.13. The van der Waals surface area contributed by atoms with Crippen LogP contribution < -0.4 is 4.18 Å². The highest BCUT2D eigenvalue weighted by Crippen LogP contribution is 2.33. The van der Waals surface area contributed by atoms with Gasteiger partial charge in [0.25, 0.3) is 0 Å². The van der Waals surface area contributed by atoms with Crippen LogP contribution in [0.15, 0.2) is 36.4 Å². The number of hydrogen-bond acceptors (Lipinski definition) is 5. The number of methoxy groups -OCH3 is 1. The lowest BCUT2D eigenvalue weighted by Gasteiger charge is -2.12. The summed E-state index contributed by atoms with van der Waals surface area (Å²) in [6.07, 6.45) is 0. The number of esters is 1. The van der Waals surface area contributed by atoms with E-state index in [4.69, 9.17) is 0 Å². The third-order valence-electron chi connectivity index (χ3n) is 2.77. The fourth-order valence-corrected chi connectivity index (χ4v) is 2.27. The molecule has 22 heavy (non-hydrogen) atoms. The molecule has 2 aromatic rings. The Kier molecular flexibility index (Phi) is 4.01. The molecule has 0 aliphatic rings. The normalized spacial score (nSPS) is 12.2. The summed E-state index contributed by atoms with van der Waals surface area (Å²) in [5.74, 6) is -1.23. The Balaban J connectivity index is 2.61. The molecule has 2 rings (SSSR count). The molecule has 0 radical (unpaired) electrons. The smallest absolute Gasteiger partial charge is 0.465 e. The van der Waals surface area contributed by atoms with Gasteiger partial charge in [-0.1, -0.05) is 24.3 Å². The molecule has 0 aromatic heterocycles. The summed E-state index contributed by atoms with van der Waals surface area (Å²) in [5, 5.41) is 0.252. The van der Waals surface area contributed by atoms with Gasteiger partial charge in [0.1, 0.15) is 0 Å². The Morgan fingerprint density at radius 2 is 1.64 bits per heavy atom. The molecule has 0 atom stereocenters. The maximum atomic E-state index is 12.4. The zero-order valence-corrected chi connectivity index (χ0v) is 11.9. The van der Waals surface area contributed by atoms with Gasteiger partial charge in [-0.2, -0.15) is 21.6 Å². The fourth-order valence-electron chi connectivity index (χ4n) is 1.80. The van der Waals surface area contributed by atoms with Crippen LogP contribution in [0.3, 0.4) is 0 Å². The summed E-state index contributed by atoms with van der Waals surface area (Å²) < 4.78 is 68.1. The van der Waals surface area contributed by atoms with Crippen LogP contribution in [0.5, 0.6) is 5.75 Å². The van der Waals surface area contributed by atoms with Crippen molar-refractivity contribution in [1.82, 2.24) is 0 Å². The Bertz CT molecular complexity index is 827. The molecule has 118 valence electrons. The summed E-state index contributed by atoms with van der Waals surface area (Å²) in [6, 6.07) is 7.89. The third kappa shape index (κ3) is 2.84. The Morgan fingerprint density at radius 1 is 1.05 bits per heavy atom. The number of carbonyl (C=O) groups is 1. The molecule has 0 aliphatic heterocycles. The lowest BCUT2D eigenvalue weighted by molar-refractivity contribution is -0.0499. The number of hydrogen-bond donors (Lipinski definition) is 0. The van der Waals surface area contributed by atoms with Crippen molar-refractivity contribution in [2.75, 3.05) is 7.11 Å². The van der Waals surface area contributed by atoms with E-state index in [0.29, 0.717) is 0 Å². The van der Waals surface area contributed by atoms with Crippen molar-refractivity contribution in [3.8, 4) is 5.75 Å². The lowest BCUT2D eigenvalue weighted by atomic mass is 10.0. The van der Waals surface area contributed by atoms with E-state index in [2.05, 4.69) is 8.92 Å². The largest absolute Gasteiger partial charge is 0.534 e. The number of carbonyl (C=O) groups excluding carboxylic acids is 1. The molecule has 0 amide bonds. The van der Waals surface area contributed by atoms with Crippen LogP contribution in [-0.2, 0) is 14.9 Å². The van der Waals surface area contributed by atoms with E-state index in [-0.39, 0.29) is 16.3 Å². The van der Waals surface area contributed by atoms with E-state index in [0.717, 1.165) is 19.2 Å². The van der Waals surface area contributed by atoms with Crippen molar-refractivity contribution < 1.29 is 35.3 Å². The maximum Gasteiger partial charge on any atom is 0.534 e. The van der Waals surface area contributed by atoms with Crippen molar-refractivity contribution in [2.24, 2.45) is 0 Å². The molecule has 0 fully saturated rings. The number of fused-ring (bicyclic) bond motifs is 1. The summed E-state index contributed by atoms with van der Waals surface area (Å²) in [4.78, 5) is 11.6. The summed E-state index contributed by atoms with van der Waals surface area (Å²) in [7, 11) is -4.65. The molecular formula is C13H9F3O5S. The average molecular weight is 334 g/mol. The van der Waals surface area contributed by atoms with Gasteiger partial charge in [0.2, 0.25) is 0 Å². The Morgan fingerprint density at radius 3 is 2.18 bits per heavy atom. The van der Waals surface area contributed by atoms with E-state index in [9.17, 15) is 26.4 Å². The highest BCUT2D eigenvalue weighted by Gasteiger charge is 2.48. The van der Waals surface area contributed by atoms with Crippen LogP contribution in [0.2, 0.25) is 0 Å². The van der Waals surface area contributed by atoms with E-state index >= 15 is 0 Å². The first-order valence-corrected chi connectivity index (χ1v) is 7.19. The second kappa shape index (κ2) is 5.48. The number of alkyl halides is 3. The molecule has 0 saturated heterocycles. The Labute approximate surface area is 123 Å². The third-order valence-corrected chi connectivity index (χ3v) is 3.74. The minimum Gasteiger partial charge on any atom is -0.465 e. The van der Waals surface area contributed by atoms with Gasteiger partial charge in [-0.15, -0.1) is 0 Å². The molecule has 0 saturated carbocycles. The monoisotopic (exact) mass is 334 g/mol. The van der Waals surface area contributed by atoms with E-state index < -0.39 is 27.3 Å². The summed E-state index contributed by atoms with van der Waals surface area (Å²) in [5.41, 5.74) is -5.47. The second-order valence-corrected chi connectivity index (χ2v) is 5.67. The van der Waals surface area contributed by atoms with Gasteiger partial charge in [-0.05, 0) is 17.5 Å². The average Bonchev–Trinajstić information content (AvgIpc) is 2.45. The molecule has 9 heteroatoms. The zero-order chi connectivity index (χ0) is 16.5. The molecule has 0 unspecified atom stereocenters. The van der Waals surface area contributed by atoms with Crippen LogP contribution in [0, 0.1) is 0 Å². The number of rotatable bonds is 3. The van der Waals surface area contributed by atoms with Crippen LogP contribution >= 0.6 is 0 Å². The minimum atomic E-state index is -5.80. The number of benzene rings is 2. The van der Waals surface area contributed by atoms with Gasteiger partial charge in [0, 0.05) is 5.39 Å². The highest BCUT2D eigenvalue weighted by molar-refractivity contribution is 7.88. The lowest BCUT2D eigenvalue weighted by Crippen LogP contribution is -2.28. The van der Waals surface area contributed by atoms with Crippen LogP contribution in [0.25, 0.3) is 10.8 Å². The summed E-state index contributed by atoms with van der Waals surface area (Å²) in [6.45, 7) is 0. The molecule has 0 heterocycles. The van der Waals surface area contributed by atoms with E-state index in [1.54, 1.807) is 0 Å². The number of halogens is 3. The van der Waals surface area contributed by atoms with Gasteiger partial charge in [-0.25, -0.2) is 4.79 Å². The van der Waals surface area contributed by atoms with Crippen LogP contribution in [-0.4, -0.2) is 27.0 Å². The molecular weight excluding hydrogens is 325 g/mol. The number of ether oxygens (including phenoxy) is 1. The highest BCUT2D eigenvalue weighted by atomic mass is 32.2. The molecule has 0 N–H and O–H groups in total. The predicted octanol–water partition coefficient (Wildman–Crippen LogP) is 2.85. The van der Waals surface area contributed by atoms with Crippen molar-refractivity contribution in [1.29, 1.82) is 0 Å². The molecule has 0 bridgehead atoms. The van der Waals surface area contributed by atoms with Crippen LogP contribution in [0.1, 0.15) is 10.4 Å². The Hall–Kier alpha value is -2.29. The zero-order valence-electron chi connectivity index (χ0n) is 11.0. The van der Waals surface area contributed by atoms with Gasteiger partial charge in [0.05, 0.1) is 12.7 Å². The van der Waals surface area contributed by atoms with Crippen molar-refractivity contribution in [2.45, 2.75) is 5.51 Å².